The van der Waals surface area contributed by atoms with E-state index in [1.807, 2.05) is 62.4 Å². The summed E-state index contributed by atoms with van der Waals surface area (Å²) in [4.78, 5) is 45.0. The molecule has 4 heterocycles. The molecule has 0 aromatic heterocycles. The van der Waals surface area contributed by atoms with Gasteiger partial charge in [-0.15, -0.1) is 0 Å². The minimum Gasteiger partial charge on any atom is -0.461 e. The molecule has 6 rings (SSSR count). The average Bonchev–Trinajstić information content (AvgIpc) is 3.21. The maximum Gasteiger partial charge on any atom is 0.313 e. The highest BCUT2D eigenvalue weighted by molar-refractivity contribution is 6.06. The molecule has 2 aromatic rings. The van der Waals surface area contributed by atoms with Gasteiger partial charge in [-0.1, -0.05) is 62.4 Å². The third-order valence-electron chi connectivity index (χ3n) is 8.24. The Morgan fingerprint density at radius 2 is 1.84 bits per heavy atom. The highest BCUT2D eigenvalue weighted by atomic mass is 16.6. The van der Waals surface area contributed by atoms with Gasteiger partial charge in [-0.3, -0.25) is 14.4 Å². The van der Waals surface area contributed by atoms with Crippen molar-refractivity contribution in [1.82, 2.24) is 4.90 Å². The van der Waals surface area contributed by atoms with Crippen LogP contribution in [0.5, 0.6) is 0 Å². The van der Waals surface area contributed by atoms with Crippen molar-refractivity contribution in [2.45, 2.75) is 44.1 Å². The number of aliphatic hydroxyl groups excluding tert-OH is 1. The fourth-order valence-electron chi connectivity index (χ4n) is 6.70. The molecule has 6 atom stereocenters. The summed E-state index contributed by atoms with van der Waals surface area (Å²) in [6, 6.07) is 12.2. The van der Waals surface area contributed by atoms with E-state index >= 15 is 0 Å². The zero-order valence-electron chi connectivity index (χ0n) is 21.5. The number of carbonyl (C=O) groups is 3. The number of cyclic esters (lactones) is 1. The van der Waals surface area contributed by atoms with Gasteiger partial charge in [0.15, 0.2) is 0 Å². The lowest BCUT2D eigenvalue weighted by Crippen LogP contribution is -2.58. The van der Waals surface area contributed by atoms with Crippen LogP contribution in [0.25, 0.3) is 10.8 Å². The largest absolute Gasteiger partial charge is 0.461 e. The molecule has 4 aliphatic heterocycles. The Balaban J connectivity index is 1.48. The average molecular weight is 517 g/mol. The van der Waals surface area contributed by atoms with E-state index in [1.54, 1.807) is 23.1 Å². The second-order valence-corrected chi connectivity index (χ2v) is 11.0. The molecule has 2 amide bonds. The van der Waals surface area contributed by atoms with Crippen molar-refractivity contribution < 1.29 is 29.0 Å². The van der Waals surface area contributed by atoms with Crippen LogP contribution in [-0.2, 0) is 23.9 Å². The zero-order chi connectivity index (χ0) is 26.6. The Morgan fingerprint density at radius 1 is 1.05 bits per heavy atom. The molecular formula is C30H32N2O6. The molecule has 8 nitrogen and oxygen atoms in total. The third-order valence-corrected chi connectivity index (χ3v) is 8.24. The fourth-order valence-corrected chi connectivity index (χ4v) is 6.70. The van der Waals surface area contributed by atoms with E-state index in [-0.39, 0.29) is 37.5 Å². The topological polar surface area (TPSA) is 96.4 Å². The minimum atomic E-state index is -1.35. The lowest BCUT2D eigenvalue weighted by molar-refractivity contribution is -0.153. The van der Waals surface area contributed by atoms with Crippen LogP contribution in [-0.4, -0.2) is 71.3 Å². The van der Waals surface area contributed by atoms with E-state index in [9.17, 15) is 19.5 Å². The van der Waals surface area contributed by atoms with Gasteiger partial charge in [-0.25, -0.2) is 0 Å². The lowest BCUT2D eigenvalue weighted by Gasteiger charge is -2.39. The zero-order valence-corrected chi connectivity index (χ0v) is 21.5. The Kier molecular flexibility index (Phi) is 6.12. The Morgan fingerprint density at radius 3 is 2.61 bits per heavy atom. The molecule has 198 valence electrons. The number of hydrogen-bond donors (Lipinski definition) is 1. The smallest absolute Gasteiger partial charge is 0.313 e. The van der Waals surface area contributed by atoms with Gasteiger partial charge in [0.1, 0.15) is 24.2 Å². The van der Waals surface area contributed by atoms with Crippen LogP contribution < -0.4 is 4.90 Å². The second kappa shape index (κ2) is 9.36. The van der Waals surface area contributed by atoms with E-state index in [0.717, 1.165) is 10.8 Å². The number of hydrogen-bond acceptors (Lipinski definition) is 6. The number of aliphatic hydroxyl groups is 1. The van der Waals surface area contributed by atoms with Crippen LogP contribution in [0.2, 0.25) is 0 Å². The number of likely N-dealkylation sites (tertiary alicyclic amines) is 1. The molecule has 0 aliphatic carbocycles. The summed E-state index contributed by atoms with van der Waals surface area (Å²) in [6.45, 7) is 4.13. The summed E-state index contributed by atoms with van der Waals surface area (Å²) >= 11 is 0. The van der Waals surface area contributed by atoms with Crippen molar-refractivity contribution in [1.29, 1.82) is 0 Å². The molecule has 0 bridgehead atoms. The van der Waals surface area contributed by atoms with Crippen molar-refractivity contribution in [2.75, 3.05) is 24.7 Å². The van der Waals surface area contributed by atoms with Crippen molar-refractivity contribution in [3.63, 3.8) is 0 Å². The summed E-state index contributed by atoms with van der Waals surface area (Å²) in [5.41, 5.74) is -0.637. The molecule has 2 saturated heterocycles. The minimum absolute atomic E-state index is 0.118. The first kappa shape index (κ1) is 24.8. The SMILES string of the molecule is CC(C)C[C@H](CO)N1C(=O)[C@@H]2[C@@H]3C(=O)OCC=C[C@@H]3O[C@@]23C=CCN(c2ccc4ccccc4c2)C(=O)C13. The summed E-state index contributed by atoms with van der Waals surface area (Å²) < 4.78 is 12.0. The van der Waals surface area contributed by atoms with E-state index in [0.29, 0.717) is 12.1 Å². The standard InChI is InChI=1S/C30H32N2O6/c1-18(2)15-22(17-33)32-26-28(35)31(21-11-10-19-7-3-4-8-20(19)16-21)13-6-12-30(26)25(27(32)34)24-23(38-30)9-5-14-37-29(24)36/h3-12,16,18,22-26,33H,13-15,17H2,1-2H3/t22-,23+,24-,25+,26?,30+/m1/s1. The van der Waals surface area contributed by atoms with Gasteiger partial charge in [0.05, 0.1) is 24.7 Å². The van der Waals surface area contributed by atoms with E-state index in [2.05, 4.69) is 0 Å². The van der Waals surface area contributed by atoms with Crippen LogP contribution in [0.1, 0.15) is 20.3 Å². The van der Waals surface area contributed by atoms with Gasteiger partial charge in [-0.05, 0) is 41.3 Å². The van der Waals surface area contributed by atoms with Gasteiger partial charge >= 0.3 is 5.97 Å². The summed E-state index contributed by atoms with van der Waals surface area (Å²) in [7, 11) is 0. The van der Waals surface area contributed by atoms with Gasteiger partial charge in [0, 0.05) is 12.2 Å². The van der Waals surface area contributed by atoms with Gasteiger partial charge in [0.25, 0.3) is 5.91 Å². The summed E-state index contributed by atoms with van der Waals surface area (Å²) in [6.07, 6.45) is 6.97. The van der Waals surface area contributed by atoms with Crippen LogP contribution in [0.4, 0.5) is 5.69 Å². The predicted octanol–water partition coefficient (Wildman–Crippen LogP) is 2.84. The maximum absolute atomic E-state index is 14.5. The van der Waals surface area contributed by atoms with Crippen molar-refractivity contribution in [2.24, 2.45) is 17.8 Å². The third kappa shape index (κ3) is 3.69. The van der Waals surface area contributed by atoms with E-state index in [4.69, 9.17) is 9.47 Å². The van der Waals surface area contributed by atoms with Gasteiger partial charge in [-0.2, -0.15) is 0 Å². The monoisotopic (exact) mass is 516 g/mol. The number of nitrogens with zero attached hydrogens (tertiary/aromatic N) is 2. The van der Waals surface area contributed by atoms with Crippen LogP contribution in [0.3, 0.4) is 0 Å². The van der Waals surface area contributed by atoms with Gasteiger partial charge < -0.3 is 24.4 Å². The van der Waals surface area contributed by atoms with Crippen LogP contribution in [0, 0.1) is 17.8 Å². The first-order valence-corrected chi connectivity index (χ1v) is 13.3. The normalized spacial score (nSPS) is 31.2. The molecular weight excluding hydrogens is 484 g/mol. The Bertz CT molecular complexity index is 1350. The second-order valence-electron chi connectivity index (χ2n) is 11.0. The molecule has 1 N–H and O–H groups in total. The first-order valence-electron chi connectivity index (χ1n) is 13.3. The number of esters is 1. The highest BCUT2D eigenvalue weighted by Gasteiger charge is 2.72. The predicted molar refractivity (Wildman–Crippen MR) is 141 cm³/mol. The summed E-state index contributed by atoms with van der Waals surface area (Å²) in [5, 5.41) is 12.5. The number of fused-ring (bicyclic) bond motifs is 3. The number of benzene rings is 2. The molecule has 0 saturated carbocycles. The molecule has 8 heteroatoms. The first-order chi connectivity index (χ1) is 18.4. The molecule has 1 unspecified atom stereocenters. The van der Waals surface area contributed by atoms with E-state index < -0.39 is 41.6 Å². The van der Waals surface area contributed by atoms with Gasteiger partial charge in [0.2, 0.25) is 5.91 Å². The molecule has 4 aliphatic rings. The highest BCUT2D eigenvalue weighted by Crippen LogP contribution is 2.54. The van der Waals surface area contributed by atoms with Crippen molar-refractivity contribution >= 4 is 34.2 Å². The van der Waals surface area contributed by atoms with Crippen molar-refractivity contribution in [3.8, 4) is 0 Å². The number of rotatable bonds is 5. The van der Waals surface area contributed by atoms with Crippen molar-refractivity contribution in [3.05, 3.63) is 66.8 Å². The Hall–Kier alpha value is -3.49. The van der Waals surface area contributed by atoms with Crippen LogP contribution >= 0.6 is 0 Å². The molecule has 2 aromatic carbocycles. The molecule has 1 spiro atoms. The lowest BCUT2D eigenvalue weighted by atomic mass is 9.78. The number of ether oxygens (including phenoxy) is 2. The number of anilines is 1. The molecule has 38 heavy (non-hydrogen) atoms. The van der Waals surface area contributed by atoms with E-state index in [1.165, 1.54) is 4.90 Å². The molecule has 0 radical (unpaired) electrons. The number of carbonyl (C=O) groups excluding carboxylic acids is 3. The molecule has 2 fully saturated rings. The number of amides is 2. The van der Waals surface area contributed by atoms with Crippen LogP contribution in [0.15, 0.2) is 66.8 Å². The fraction of sp³-hybridized carbons (Fsp3) is 0.433. The maximum atomic E-state index is 14.5. The Labute approximate surface area is 221 Å². The summed E-state index contributed by atoms with van der Waals surface area (Å²) in [5.74, 6) is -2.77. The quantitative estimate of drug-likeness (QED) is 0.485.